The van der Waals surface area contributed by atoms with Gasteiger partial charge in [0.2, 0.25) is 0 Å². The summed E-state index contributed by atoms with van der Waals surface area (Å²) < 4.78 is 3.11. The zero-order chi connectivity index (χ0) is 16.4. The van der Waals surface area contributed by atoms with Gasteiger partial charge < -0.3 is 5.73 Å². The summed E-state index contributed by atoms with van der Waals surface area (Å²) in [5.41, 5.74) is 9.40. The van der Waals surface area contributed by atoms with Gasteiger partial charge in [0.05, 0.1) is 5.54 Å². The average Bonchev–Trinajstić information content (AvgIpc) is 2.56. The molecule has 0 unspecified atom stereocenters. The SMILES string of the molecule is NC(c1ccc(Br)cc1)(c1ccc(Br)cc1)c1ccc(Br)cc1. The molecule has 0 atom stereocenters. The van der Waals surface area contributed by atoms with E-state index in [9.17, 15) is 0 Å². The van der Waals surface area contributed by atoms with Gasteiger partial charge in [0.25, 0.3) is 0 Å². The smallest absolute Gasteiger partial charge is 0.0922 e. The highest BCUT2D eigenvalue weighted by molar-refractivity contribution is 9.11. The molecular formula is C19H14Br3N. The van der Waals surface area contributed by atoms with E-state index in [4.69, 9.17) is 5.73 Å². The fraction of sp³-hybridized carbons (Fsp3) is 0.0526. The summed E-state index contributed by atoms with van der Waals surface area (Å²) in [4.78, 5) is 0. The molecule has 4 heteroatoms. The van der Waals surface area contributed by atoms with Crippen molar-refractivity contribution in [1.82, 2.24) is 0 Å². The Balaban J connectivity index is 2.21. The molecule has 23 heavy (non-hydrogen) atoms. The van der Waals surface area contributed by atoms with Crippen molar-refractivity contribution in [2.45, 2.75) is 5.54 Å². The van der Waals surface area contributed by atoms with Gasteiger partial charge in [-0.15, -0.1) is 0 Å². The molecule has 0 aromatic heterocycles. The van der Waals surface area contributed by atoms with E-state index in [1.54, 1.807) is 0 Å². The fourth-order valence-corrected chi connectivity index (χ4v) is 3.43. The first kappa shape index (κ1) is 16.9. The molecular weight excluding hydrogens is 482 g/mol. The molecule has 2 N–H and O–H groups in total. The molecule has 0 aliphatic heterocycles. The molecule has 0 bridgehead atoms. The number of halogens is 3. The molecule has 0 amide bonds. The molecule has 0 spiro atoms. The second-order valence-corrected chi connectivity index (χ2v) is 8.08. The number of hydrogen-bond acceptors (Lipinski definition) is 1. The maximum Gasteiger partial charge on any atom is 0.0922 e. The summed E-state index contributed by atoms with van der Waals surface area (Å²) in [5.74, 6) is 0. The number of rotatable bonds is 3. The Morgan fingerprint density at radius 3 is 0.913 bits per heavy atom. The Morgan fingerprint density at radius 1 is 0.478 bits per heavy atom. The molecule has 0 fully saturated rings. The van der Waals surface area contributed by atoms with Crippen LogP contribution in [-0.4, -0.2) is 0 Å². The molecule has 3 aromatic carbocycles. The Hall–Kier alpha value is -0.940. The first-order valence-corrected chi connectivity index (χ1v) is 9.45. The lowest BCUT2D eigenvalue weighted by atomic mass is 9.78. The van der Waals surface area contributed by atoms with Crippen LogP contribution in [0, 0.1) is 0 Å². The van der Waals surface area contributed by atoms with Gasteiger partial charge in [0.15, 0.2) is 0 Å². The van der Waals surface area contributed by atoms with Gasteiger partial charge in [-0.1, -0.05) is 84.2 Å². The average molecular weight is 496 g/mol. The third-order valence-corrected chi connectivity index (χ3v) is 5.48. The molecule has 3 aromatic rings. The second-order valence-electron chi connectivity index (χ2n) is 5.33. The largest absolute Gasteiger partial charge is 0.314 e. The zero-order valence-corrected chi connectivity index (χ0v) is 16.9. The summed E-state index contributed by atoms with van der Waals surface area (Å²) in [6, 6.07) is 24.5. The maximum absolute atomic E-state index is 6.97. The van der Waals surface area contributed by atoms with Crippen molar-refractivity contribution in [3.63, 3.8) is 0 Å². The van der Waals surface area contributed by atoms with Crippen molar-refractivity contribution in [3.05, 3.63) is 103 Å². The fourth-order valence-electron chi connectivity index (χ4n) is 2.64. The van der Waals surface area contributed by atoms with E-state index in [0.29, 0.717) is 0 Å². The number of hydrogen-bond donors (Lipinski definition) is 1. The Labute approximate surface area is 161 Å². The van der Waals surface area contributed by atoms with Crippen LogP contribution in [0.3, 0.4) is 0 Å². The van der Waals surface area contributed by atoms with Crippen molar-refractivity contribution < 1.29 is 0 Å². The monoisotopic (exact) mass is 493 g/mol. The van der Waals surface area contributed by atoms with Crippen LogP contribution >= 0.6 is 47.8 Å². The first-order valence-electron chi connectivity index (χ1n) is 7.07. The van der Waals surface area contributed by atoms with Crippen molar-refractivity contribution in [2.24, 2.45) is 5.73 Å². The molecule has 1 nitrogen and oxygen atoms in total. The van der Waals surface area contributed by atoms with Crippen molar-refractivity contribution in [3.8, 4) is 0 Å². The molecule has 0 saturated carbocycles. The van der Waals surface area contributed by atoms with E-state index in [1.165, 1.54) is 0 Å². The molecule has 0 heterocycles. The first-order chi connectivity index (χ1) is 11.0. The quantitative estimate of drug-likeness (QED) is 0.428. The lowest BCUT2D eigenvalue weighted by Gasteiger charge is -2.32. The normalized spacial score (nSPS) is 11.5. The van der Waals surface area contributed by atoms with E-state index >= 15 is 0 Å². The van der Waals surface area contributed by atoms with E-state index in [-0.39, 0.29) is 0 Å². The van der Waals surface area contributed by atoms with Crippen molar-refractivity contribution in [2.75, 3.05) is 0 Å². The molecule has 3 rings (SSSR count). The Morgan fingerprint density at radius 2 is 0.696 bits per heavy atom. The lowest BCUT2D eigenvalue weighted by Crippen LogP contribution is -2.39. The van der Waals surface area contributed by atoms with Gasteiger partial charge in [-0.3, -0.25) is 0 Å². The lowest BCUT2D eigenvalue weighted by molar-refractivity contribution is 0.652. The molecule has 0 aliphatic carbocycles. The van der Waals surface area contributed by atoms with Crippen LogP contribution in [0.2, 0.25) is 0 Å². The second kappa shape index (κ2) is 6.89. The highest BCUT2D eigenvalue weighted by Crippen LogP contribution is 2.35. The Kier molecular flexibility index (Phi) is 5.07. The minimum absolute atomic E-state index is 0.706. The summed E-state index contributed by atoms with van der Waals surface area (Å²) in [5, 5.41) is 0. The minimum atomic E-state index is -0.706. The van der Waals surface area contributed by atoms with Crippen LogP contribution in [-0.2, 0) is 5.54 Å². The standard InChI is InChI=1S/C19H14Br3N/c20-16-7-1-13(2-8-16)19(23,14-3-9-17(21)10-4-14)15-5-11-18(22)12-6-15/h1-12H,23H2. The van der Waals surface area contributed by atoms with Crippen molar-refractivity contribution in [1.29, 1.82) is 0 Å². The zero-order valence-electron chi connectivity index (χ0n) is 12.1. The number of benzene rings is 3. The van der Waals surface area contributed by atoms with Gasteiger partial charge in [-0.05, 0) is 53.1 Å². The van der Waals surface area contributed by atoms with Gasteiger partial charge in [-0.2, -0.15) is 0 Å². The molecule has 0 radical (unpaired) electrons. The highest BCUT2D eigenvalue weighted by Gasteiger charge is 2.31. The van der Waals surface area contributed by atoms with Crippen LogP contribution in [0.5, 0.6) is 0 Å². The van der Waals surface area contributed by atoms with Crippen molar-refractivity contribution >= 4 is 47.8 Å². The van der Waals surface area contributed by atoms with Gasteiger partial charge in [0, 0.05) is 13.4 Å². The van der Waals surface area contributed by atoms with Crippen LogP contribution in [0.4, 0.5) is 0 Å². The maximum atomic E-state index is 6.97. The van der Waals surface area contributed by atoms with E-state index in [2.05, 4.69) is 84.2 Å². The summed E-state index contributed by atoms with van der Waals surface area (Å²) in [6.45, 7) is 0. The van der Waals surface area contributed by atoms with Gasteiger partial charge in [-0.25, -0.2) is 0 Å². The molecule has 116 valence electrons. The van der Waals surface area contributed by atoms with Gasteiger partial charge in [0.1, 0.15) is 0 Å². The highest BCUT2D eigenvalue weighted by atomic mass is 79.9. The predicted molar refractivity (Wildman–Crippen MR) is 106 cm³/mol. The summed E-state index contributed by atoms with van der Waals surface area (Å²) >= 11 is 10.5. The van der Waals surface area contributed by atoms with Crippen LogP contribution in [0.15, 0.2) is 86.2 Å². The van der Waals surface area contributed by atoms with Crippen LogP contribution < -0.4 is 5.73 Å². The van der Waals surface area contributed by atoms with E-state index in [0.717, 1.165) is 30.1 Å². The molecule has 0 saturated heterocycles. The van der Waals surface area contributed by atoms with Crippen LogP contribution in [0.25, 0.3) is 0 Å². The predicted octanol–water partition coefficient (Wildman–Crippen LogP) is 6.22. The van der Waals surface area contributed by atoms with E-state index in [1.807, 2.05) is 36.4 Å². The summed E-state index contributed by atoms with van der Waals surface area (Å²) in [6.07, 6.45) is 0. The van der Waals surface area contributed by atoms with Gasteiger partial charge >= 0.3 is 0 Å². The topological polar surface area (TPSA) is 26.0 Å². The van der Waals surface area contributed by atoms with Crippen LogP contribution in [0.1, 0.15) is 16.7 Å². The minimum Gasteiger partial charge on any atom is -0.314 e. The third-order valence-electron chi connectivity index (χ3n) is 3.90. The Bertz CT molecular complexity index is 683. The van der Waals surface area contributed by atoms with E-state index < -0.39 is 5.54 Å². The molecule has 0 aliphatic rings. The summed E-state index contributed by atoms with van der Waals surface area (Å²) in [7, 11) is 0. The third kappa shape index (κ3) is 3.45. The number of nitrogens with two attached hydrogens (primary N) is 1.